The summed E-state index contributed by atoms with van der Waals surface area (Å²) in [5.41, 5.74) is 5.74. The first-order chi connectivity index (χ1) is 19.4. The van der Waals surface area contributed by atoms with Crippen molar-refractivity contribution in [3.63, 3.8) is 0 Å². The highest BCUT2D eigenvalue weighted by Gasteiger charge is 2.46. The Kier molecular flexibility index (Phi) is 7.26. The predicted octanol–water partition coefficient (Wildman–Crippen LogP) is 6.08. The smallest absolute Gasteiger partial charge is 0.241 e. The summed E-state index contributed by atoms with van der Waals surface area (Å²) in [5, 5.41) is 0. The number of fused-ring (bicyclic) bond motifs is 1. The molecule has 1 amide bonds. The van der Waals surface area contributed by atoms with E-state index in [-0.39, 0.29) is 28.7 Å². The molecule has 0 spiro atoms. The Bertz CT molecular complexity index is 1620. The van der Waals surface area contributed by atoms with Gasteiger partial charge in [-0.1, -0.05) is 60.7 Å². The fourth-order valence-corrected chi connectivity index (χ4v) is 7.09. The first-order valence-electron chi connectivity index (χ1n) is 13.9. The van der Waals surface area contributed by atoms with Gasteiger partial charge in [0.15, 0.2) is 0 Å². The molecule has 1 N–H and O–H groups in total. The van der Waals surface area contributed by atoms with Crippen molar-refractivity contribution in [1.29, 1.82) is 0 Å². The third-order valence-corrected chi connectivity index (χ3v) is 9.46. The van der Waals surface area contributed by atoms with E-state index in [1.165, 1.54) is 5.56 Å². The van der Waals surface area contributed by atoms with E-state index in [4.69, 9.17) is 0 Å². The quantitative estimate of drug-likeness (QED) is 0.288. The van der Waals surface area contributed by atoms with Crippen molar-refractivity contribution in [3.05, 3.63) is 125 Å². The monoisotopic (exact) mass is 551 g/mol. The van der Waals surface area contributed by atoms with E-state index in [1.54, 1.807) is 30.3 Å². The first kappa shape index (κ1) is 26.4. The number of rotatable bonds is 8. The van der Waals surface area contributed by atoms with Crippen molar-refractivity contribution in [2.75, 3.05) is 4.90 Å². The van der Waals surface area contributed by atoms with Crippen molar-refractivity contribution >= 4 is 21.6 Å². The second-order valence-corrected chi connectivity index (χ2v) is 12.5. The SMILES string of the molecule is Cc1cccc(CN(C(=O)[C@@H]2C[C@@H]2c2ccccc2)c2ccc3c(c2)[C@@H](NS(=O)(=O)c2ccccc2)CCC3)n1. The number of aromatic nitrogens is 1. The Labute approximate surface area is 236 Å². The molecule has 2 aliphatic rings. The topological polar surface area (TPSA) is 79.4 Å². The molecular formula is C33H33N3O3S. The highest BCUT2D eigenvalue weighted by atomic mass is 32.2. The summed E-state index contributed by atoms with van der Waals surface area (Å²) in [6, 6.07) is 30.3. The second-order valence-electron chi connectivity index (χ2n) is 10.8. The predicted molar refractivity (Wildman–Crippen MR) is 156 cm³/mol. The lowest BCUT2D eigenvalue weighted by Crippen LogP contribution is -2.34. The normalized spacial score (nSPS) is 20.0. The van der Waals surface area contributed by atoms with Gasteiger partial charge in [-0.3, -0.25) is 9.78 Å². The van der Waals surface area contributed by atoms with Gasteiger partial charge in [-0.25, -0.2) is 13.1 Å². The highest BCUT2D eigenvalue weighted by Crippen LogP contribution is 2.49. The maximum absolute atomic E-state index is 14.0. The molecular weight excluding hydrogens is 518 g/mol. The fourth-order valence-electron chi connectivity index (χ4n) is 5.81. The number of hydrogen-bond acceptors (Lipinski definition) is 4. The molecule has 1 heterocycles. The van der Waals surface area contributed by atoms with Crippen molar-refractivity contribution in [3.8, 4) is 0 Å². The molecule has 2 aliphatic carbocycles. The van der Waals surface area contributed by atoms with Crippen LogP contribution in [0.2, 0.25) is 0 Å². The highest BCUT2D eigenvalue weighted by molar-refractivity contribution is 7.89. The summed E-state index contributed by atoms with van der Waals surface area (Å²) in [4.78, 5) is 20.8. The molecule has 40 heavy (non-hydrogen) atoms. The first-order valence-corrected chi connectivity index (χ1v) is 15.4. The summed E-state index contributed by atoms with van der Waals surface area (Å²) in [5.74, 6) is 0.203. The Morgan fingerprint density at radius 3 is 2.45 bits per heavy atom. The maximum atomic E-state index is 14.0. The van der Waals surface area contributed by atoms with Gasteiger partial charge in [0, 0.05) is 23.3 Å². The van der Waals surface area contributed by atoms with E-state index in [9.17, 15) is 13.2 Å². The molecule has 204 valence electrons. The molecule has 0 radical (unpaired) electrons. The molecule has 1 fully saturated rings. The summed E-state index contributed by atoms with van der Waals surface area (Å²) in [7, 11) is -3.69. The third kappa shape index (κ3) is 5.58. The summed E-state index contributed by atoms with van der Waals surface area (Å²) >= 11 is 0. The van der Waals surface area contributed by atoms with Crippen molar-refractivity contribution < 1.29 is 13.2 Å². The van der Waals surface area contributed by atoms with Crippen molar-refractivity contribution in [2.24, 2.45) is 5.92 Å². The van der Waals surface area contributed by atoms with E-state index in [0.717, 1.165) is 47.5 Å². The van der Waals surface area contributed by atoms with Gasteiger partial charge in [0.05, 0.1) is 17.1 Å². The van der Waals surface area contributed by atoms with Gasteiger partial charge in [-0.2, -0.15) is 0 Å². The number of nitrogens with zero attached hydrogens (tertiary/aromatic N) is 2. The van der Waals surface area contributed by atoms with Gasteiger partial charge in [0.2, 0.25) is 15.9 Å². The number of amides is 1. The lowest BCUT2D eigenvalue weighted by molar-refractivity contribution is -0.120. The third-order valence-electron chi connectivity index (χ3n) is 7.97. The van der Waals surface area contributed by atoms with Gasteiger partial charge in [0.25, 0.3) is 0 Å². The number of hydrogen-bond donors (Lipinski definition) is 1. The van der Waals surface area contributed by atoms with Crippen LogP contribution < -0.4 is 9.62 Å². The van der Waals surface area contributed by atoms with Crippen LogP contribution in [-0.2, 0) is 27.8 Å². The van der Waals surface area contributed by atoms with Crippen LogP contribution >= 0.6 is 0 Å². The molecule has 3 aromatic carbocycles. The number of anilines is 1. The van der Waals surface area contributed by atoms with Crippen molar-refractivity contribution in [2.45, 2.75) is 56.0 Å². The molecule has 4 aromatic rings. The molecule has 6 nitrogen and oxygen atoms in total. The van der Waals surface area contributed by atoms with Crippen LogP contribution in [0.15, 0.2) is 102 Å². The Hall–Kier alpha value is -3.81. The van der Waals surface area contributed by atoms with Gasteiger partial charge in [-0.05, 0) is 91.6 Å². The number of aryl methyl sites for hydroxylation is 2. The van der Waals surface area contributed by atoms with Crippen LogP contribution in [-0.4, -0.2) is 19.3 Å². The zero-order valence-electron chi connectivity index (χ0n) is 22.5. The van der Waals surface area contributed by atoms with Crippen LogP contribution in [0.1, 0.15) is 59.3 Å². The van der Waals surface area contributed by atoms with E-state index >= 15 is 0 Å². The molecule has 0 aliphatic heterocycles. The van der Waals surface area contributed by atoms with Gasteiger partial charge < -0.3 is 4.90 Å². The standard InChI is InChI=1S/C33H33N3O3S/c1-23-10-8-14-26(34-23)22-36(33(37)31-21-29(31)24-11-4-2-5-12-24)27-19-18-25-13-9-17-32(30(25)20-27)35-40(38,39)28-15-6-3-7-16-28/h2-8,10-12,14-16,18-20,29,31-32,35H,9,13,17,21-22H2,1H3/t29-,31-,32+/m1/s1. The van der Waals surface area contributed by atoms with Crippen LogP contribution in [0.3, 0.4) is 0 Å². The Morgan fingerprint density at radius 2 is 1.70 bits per heavy atom. The number of carbonyl (C=O) groups excluding carboxylic acids is 1. The van der Waals surface area contributed by atoms with Crippen LogP contribution in [0.25, 0.3) is 0 Å². The number of sulfonamides is 1. The molecule has 0 saturated heterocycles. The van der Waals surface area contributed by atoms with E-state index in [0.29, 0.717) is 13.0 Å². The molecule has 3 atom stereocenters. The molecule has 0 unspecified atom stereocenters. The number of pyridine rings is 1. The lowest BCUT2D eigenvalue weighted by atomic mass is 9.87. The second kappa shape index (κ2) is 11.0. The average Bonchev–Trinajstić information content (AvgIpc) is 3.78. The van der Waals surface area contributed by atoms with Crippen molar-refractivity contribution in [1.82, 2.24) is 9.71 Å². The summed E-state index contributed by atoms with van der Waals surface area (Å²) in [6.07, 6.45) is 3.30. The Morgan fingerprint density at radius 1 is 0.950 bits per heavy atom. The van der Waals surface area contributed by atoms with Gasteiger partial charge >= 0.3 is 0 Å². The average molecular weight is 552 g/mol. The Balaban J connectivity index is 1.32. The van der Waals surface area contributed by atoms with Gasteiger partial charge in [0.1, 0.15) is 0 Å². The van der Waals surface area contributed by atoms with Crippen LogP contribution in [0, 0.1) is 12.8 Å². The zero-order chi connectivity index (χ0) is 27.7. The fraction of sp³-hybridized carbons (Fsp3) is 0.273. The molecule has 6 rings (SSSR count). The maximum Gasteiger partial charge on any atom is 0.241 e. The van der Waals surface area contributed by atoms with E-state index in [1.807, 2.05) is 60.4 Å². The molecule has 1 aromatic heterocycles. The van der Waals surface area contributed by atoms with Gasteiger partial charge in [-0.15, -0.1) is 0 Å². The molecule has 0 bridgehead atoms. The minimum absolute atomic E-state index is 0.0781. The lowest BCUT2D eigenvalue weighted by Gasteiger charge is -2.29. The number of benzene rings is 3. The minimum atomic E-state index is -3.69. The van der Waals surface area contributed by atoms with E-state index in [2.05, 4.69) is 27.9 Å². The number of nitrogens with one attached hydrogen (secondary N) is 1. The summed E-state index contributed by atoms with van der Waals surface area (Å²) in [6.45, 7) is 2.31. The van der Waals surface area contributed by atoms with Crippen LogP contribution in [0.5, 0.6) is 0 Å². The minimum Gasteiger partial charge on any atom is -0.306 e. The largest absolute Gasteiger partial charge is 0.306 e. The number of carbonyl (C=O) groups is 1. The zero-order valence-corrected chi connectivity index (χ0v) is 23.3. The summed E-state index contributed by atoms with van der Waals surface area (Å²) < 4.78 is 29.3. The van der Waals surface area contributed by atoms with Crippen LogP contribution in [0.4, 0.5) is 5.69 Å². The molecule has 7 heteroatoms. The molecule has 1 saturated carbocycles. The van der Waals surface area contributed by atoms with E-state index < -0.39 is 10.0 Å².